The summed E-state index contributed by atoms with van der Waals surface area (Å²) in [4.78, 5) is 4.89. The van der Waals surface area contributed by atoms with E-state index in [9.17, 15) is 0 Å². The molecule has 0 bridgehead atoms. The Labute approximate surface area is 120 Å². The lowest BCUT2D eigenvalue weighted by atomic mass is 9.81. The highest BCUT2D eigenvalue weighted by molar-refractivity contribution is 5.99. The van der Waals surface area contributed by atoms with Gasteiger partial charge >= 0.3 is 0 Å². The van der Waals surface area contributed by atoms with Gasteiger partial charge < -0.3 is 0 Å². The zero-order valence-corrected chi connectivity index (χ0v) is 12.9. The molecule has 2 aromatic carbocycles. The van der Waals surface area contributed by atoms with Crippen molar-refractivity contribution in [2.45, 2.75) is 40.0 Å². The Morgan fingerprint density at radius 2 is 1.65 bits per heavy atom. The molecule has 20 heavy (non-hydrogen) atoms. The first-order valence-corrected chi connectivity index (χ1v) is 7.18. The third-order valence-corrected chi connectivity index (χ3v) is 3.91. The minimum absolute atomic E-state index is 0.0982. The van der Waals surface area contributed by atoms with E-state index in [1.807, 2.05) is 0 Å². The summed E-state index contributed by atoms with van der Waals surface area (Å²) in [5.74, 6) is 0. The molecule has 0 radical (unpaired) electrons. The number of aromatic nitrogens is 1. The molecule has 0 saturated heterocycles. The normalized spacial score (nSPS) is 12.2. The van der Waals surface area contributed by atoms with Gasteiger partial charge in [-0.1, -0.05) is 50.6 Å². The topological polar surface area (TPSA) is 12.9 Å². The van der Waals surface area contributed by atoms with Gasteiger partial charge in [-0.25, -0.2) is 4.98 Å². The average Bonchev–Trinajstić information content (AvgIpc) is 2.35. The van der Waals surface area contributed by atoms with Crippen LogP contribution in [0.3, 0.4) is 0 Å². The first kappa shape index (κ1) is 13.1. The molecule has 0 aliphatic heterocycles. The van der Waals surface area contributed by atoms with Gasteiger partial charge in [-0.05, 0) is 42.5 Å². The largest absolute Gasteiger partial charge is 0.247 e. The molecule has 0 aliphatic rings. The summed E-state index contributed by atoms with van der Waals surface area (Å²) < 4.78 is 0. The van der Waals surface area contributed by atoms with Crippen molar-refractivity contribution >= 4 is 21.8 Å². The third-order valence-electron chi connectivity index (χ3n) is 3.91. The van der Waals surface area contributed by atoms with Crippen LogP contribution in [0.4, 0.5) is 0 Å². The van der Waals surface area contributed by atoms with Gasteiger partial charge in [-0.2, -0.15) is 0 Å². The van der Waals surface area contributed by atoms with E-state index < -0.39 is 0 Å². The van der Waals surface area contributed by atoms with Gasteiger partial charge in [-0.3, -0.25) is 0 Å². The van der Waals surface area contributed by atoms with Crippen LogP contribution in [0.5, 0.6) is 0 Å². The second kappa shape index (κ2) is 4.31. The molecule has 1 nitrogen and oxygen atoms in total. The molecule has 1 heterocycles. The fraction of sp³-hybridized carbons (Fsp3) is 0.316. The second-order valence-electron chi connectivity index (χ2n) is 6.73. The van der Waals surface area contributed by atoms with Gasteiger partial charge in [0.15, 0.2) is 0 Å². The lowest BCUT2D eigenvalue weighted by Crippen LogP contribution is -2.13. The van der Waals surface area contributed by atoms with Crippen molar-refractivity contribution in [3.8, 4) is 0 Å². The standard InChI is InChI=1S/C19H21N/c1-12-9-10-16-15(11-12)17(19(3,4)5)14-8-6-7-13(2)18(14)20-16/h6-11H,1-5H3. The summed E-state index contributed by atoms with van der Waals surface area (Å²) in [6.07, 6.45) is 0. The van der Waals surface area contributed by atoms with Crippen LogP contribution in [-0.4, -0.2) is 4.98 Å². The maximum atomic E-state index is 4.89. The number of para-hydroxylation sites is 1. The number of rotatable bonds is 0. The van der Waals surface area contributed by atoms with E-state index in [0.717, 1.165) is 11.0 Å². The van der Waals surface area contributed by atoms with Gasteiger partial charge in [0, 0.05) is 10.8 Å². The summed E-state index contributed by atoms with van der Waals surface area (Å²) in [7, 11) is 0. The molecule has 0 saturated carbocycles. The summed E-state index contributed by atoms with van der Waals surface area (Å²) >= 11 is 0. The summed E-state index contributed by atoms with van der Waals surface area (Å²) in [5, 5.41) is 2.58. The smallest absolute Gasteiger partial charge is 0.0741 e. The third kappa shape index (κ3) is 1.98. The van der Waals surface area contributed by atoms with E-state index in [4.69, 9.17) is 4.98 Å². The van der Waals surface area contributed by atoms with Crippen molar-refractivity contribution in [3.05, 3.63) is 53.1 Å². The average molecular weight is 263 g/mol. The summed E-state index contributed by atoms with van der Waals surface area (Å²) in [6, 6.07) is 13.0. The molecular weight excluding hydrogens is 242 g/mol. The van der Waals surface area contributed by atoms with Crippen LogP contribution in [0, 0.1) is 13.8 Å². The lowest BCUT2D eigenvalue weighted by Gasteiger charge is -2.24. The van der Waals surface area contributed by atoms with E-state index in [0.29, 0.717) is 0 Å². The number of nitrogens with zero attached hydrogens (tertiary/aromatic N) is 1. The van der Waals surface area contributed by atoms with Crippen molar-refractivity contribution in [1.82, 2.24) is 4.98 Å². The highest BCUT2D eigenvalue weighted by Crippen LogP contribution is 2.36. The SMILES string of the molecule is Cc1ccc2nc3c(C)cccc3c(C(C)(C)C)c2c1. The minimum atomic E-state index is 0.0982. The zero-order chi connectivity index (χ0) is 14.5. The quantitative estimate of drug-likeness (QED) is 0.501. The van der Waals surface area contributed by atoms with E-state index in [-0.39, 0.29) is 5.41 Å². The number of fused-ring (bicyclic) bond motifs is 2. The Hall–Kier alpha value is -1.89. The van der Waals surface area contributed by atoms with Crippen LogP contribution in [0.15, 0.2) is 36.4 Å². The highest BCUT2D eigenvalue weighted by atomic mass is 14.7. The van der Waals surface area contributed by atoms with Gasteiger partial charge in [0.1, 0.15) is 0 Å². The Morgan fingerprint density at radius 1 is 0.900 bits per heavy atom. The van der Waals surface area contributed by atoms with Crippen LogP contribution in [0.25, 0.3) is 21.8 Å². The molecule has 0 spiro atoms. The highest BCUT2D eigenvalue weighted by Gasteiger charge is 2.21. The molecule has 0 aliphatic carbocycles. The van der Waals surface area contributed by atoms with Crippen molar-refractivity contribution in [3.63, 3.8) is 0 Å². The molecule has 0 fully saturated rings. The van der Waals surface area contributed by atoms with Crippen LogP contribution >= 0.6 is 0 Å². The molecule has 0 N–H and O–H groups in total. The Kier molecular flexibility index (Phi) is 2.82. The van der Waals surface area contributed by atoms with Gasteiger partial charge in [0.25, 0.3) is 0 Å². The zero-order valence-electron chi connectivity index (χ0n) is 12.9. The number of benzene rings is 2. The van der Waals surface area contributed by atoms with Crippen LogP contribution in [0.2, 0.25) is 0 Å². The van der Waals surface area contributed by atoms with E-state index in [1.54, 1.807) is 0 Å². The molecule has 0 atom stereocenters. The summed E-state index contributed by atoms with van der Waals surface area (Å²) in [6.45, 7) is 11.1. The predicted octanol–water partition coefficient (Wildman–Crippen LogP) is 5.30. The second-order valence-corrected chi connectivity index (χ2v) is 6.73. The molecule has 1 heteroatoms. The lowest BCUT2D eigenvalue weighted by molar-refractivity contribution is 0.601. The number of hydrogen-bond donors (Lipinski definition) is 0. The van der Waals surface area contributed by atoms with Crippen LogP contribution in [-0.2, 0) is 5.41 Å². The number of aryl methyl sites for hydroxylation is 2. The van der Waals surface area contributed by atoms with Crippen LogP contribution < -0.4 is 0 Å². The Morgan fingerprint density at radius 3 is 2.35 bits per heavy atom. The minimum Gasteiger partial charge on any atom is -0.247 e. The Bertz CT molecular complexity index is 803. The molecule has 3 aromatic rings. The predicted molar refractivity (Wildman–Crippen MR) is 87.4 cm³/mol. The van der Waals surface area contributed by atoms with Gasteiger partial charge in [-0.15, -0.1) is 0 Å². The van der Waals surface area contributed by atoms with Crippen LogP contribution in [0.1, 0.15) is 37.5 Å². The molecule has 0 unspecified atom stereocenters. The first-order chi connectivity index (χ1) is 9.38. The fourth-order valence-corrected chi connectivity index (χ4v) is 3.03. The molecule has 3 rings (SSSR count). The number of hydrogen-bond acceptors (Lipinski definition) is 1. The van der Waals surface area contributed by atoms with Gasteiger partial charge in [0.05, 0.1) is 11.0 Å². The monoisotopic (exact) mass is 263 g/mol. The molecular formula is C19H21N. The molecule has 1 aromatic heterocycles. The first-order valence-electron chi connectivity index (χ1n) is 7.18. The van der Waals surface area contributed by atoms with E-state index >= 15 is 0 Å². The summed E-state index contributed by atoms with van der Waals surface area (Å²) in [5.41, 5.74) is 6.27. The van der Waals surface area contributed by atoms with E-state index in [2.05, 4.69) is 71.0 Å². The maximum Gasteiger partial charge on any atom is 0.0741 e. The molecule has 0 amide bonds. The van der Waals surface area contributed by atoms with Crippen molar-refractivity contribution in [2.24, 2.45) is 0 Å². The van der Waals surface area contributed by atoms with Crippen molar-refractivity contribution in [1.29, 1.82) is 0 Å². The maximum absolute atomic E-state index is 4.89. The van der Waals surface area contributed by atoms with Crippen molar-refractivity contribution < 1.29 is 0 Å². The Balaban J connectivity index is 2.61. The van der Waals surface area contributed by atoms with E-state index in [1.165, 1.54) is 27.5 Å². The number of pyridine rings is 1. The van der Waals surface area contributed by atoms with Gasteiger partial charge in [0.2, 0.25) is 0 Å². The molecule has 102 valence electrons. The van der Waals surface area contributed by atoms with Crippen molar-refractivity contribution in [2.75, 3.05) is 0 Å². The fourth-order valence-electron chi connectivity index (χ4n) is 3.03.